The van der Waals surface area contributed by atoms with Crippen LogP contribution in [0.4, 0.5) is 0 Å². The Morgan fingerprint density at radius 3 is 2.69 bits per heavy atom. The van der Waals surface area contributed by atoms with Crippen LogP contribution in [0.1, 0.15) is 44.7 Å². The molecule has 1 aliphatic carbocycles. The van der Waals surface area contributed by atoms with E-state index in [2.05, 4.69) is 5.32 Å². The summed E-state index contributed by atoms with van der Waals surface area (Å²) in [6.07, 6.45) is 2.26. The van der Waals surface area contributed by atoms with Gasteiger partial charge in [-0.1, -0.05) is 11.6 Å². The minimum atomic E-state index is -0.325. The van der Waals surface area contributed by atoms with Crippen molar-refractivity contribution in [3.05, 3.63) is 34.0 Å². The van der Waals surface area contributed by atoms with Crippen LogP contribution in [0.3, 0.4) is 0 Å². The van der Waals surface area contributed by atoms with Gasteiger partial charge in [0.25, 0.3) is 0 Å². The highest BCUT2D eigenvalue weighted by atomic mass is 35.5. The largest absolute Gasteiger partial charge is 0.490 e. The van der Waals surface area contributed by atoms with Crippen LogP contribution in [0, 0.1) is 0 Å². The van der Waals surface area contributed by atoms with E-state index in [4.69, 9.17) is 33.3 Å². The number of benzene rings is 1. The fourth-order valence-corrected chi connectivity index (χ4v) is 3.99. The first-order valence-electron chi connectivity index (χ1n) is 8.87. The number of allylic oxidation sites excluding steroid dienone is 1. The molecule has 1 aliphatic heterocycles. The fourth-order valence-electron chi connectivity index (χ4n) is 3.49. The Morgan fingerprint density at radius 2 is 2.00 bits per heavy atom. The Morgan fingerprint density at radius 1 is 1.27 bits per heavy atom. The van der Waals surface area contributed by atoms with E-state index in [1.807, 2.05) is 37.9 Å². The van der Waals surface area contributed by atoms with Gasteiger partial charge in [-0.05, 0) is 56.6 Å². The predicted octanol–water partition coefficient (Wildman–Crippen LogP) is 4.01. The summed E-state index contributed by atoms with van der Waals surface area (Å²) in [5.41, 5.74) is 2.62. The topological polar surface area (TPSA) is 50.8 Å². The number of rotatable bonds is 5. The van der Waals surface area contributed by atoms with Crippen molar-refractivity contribution in [2.45, 2.75) is 39.2 Å². The molecule has 1 heterocycles. The van der Waals surface area contributed by atoms with Gasteiger partial charge in [0.15, 0.2) is 22.4 Å². The molecule has 26 heavy (non-hydrogen) atoms. The lowest BCUT2D eigenvalue weighted by Crippen LogP contribution is -2.47. The monoisotopic (exact) mass is 394 g/mol. The van der Waals surface area contributed by atoms with Gasteiger partial charge in [0.05, 0.1) is 24.3 Å². The van der Waals surface area contributed by atoms with Crippen molar-refractivity contribution in [3.8, 4) is 11.5 Å². The number of carbonyl (C=O) groups is 1. The summed E-state index contributed by atoms with van der Waals surface area (Å²) in [4.78, 5) is 14.6. The minimum Gasteiger partial charge on any atom is -0.490 e. The predicted molar refractivity (Wildman–Crippen MR) is 106 cm³/mol. The zero-order valence-electron chi connectivity index (χ0n) is 15.2. The van der Waals surface area contributed by atoms with E-state index >= 15 is 0 Å². The van der Waals surface area contributed by atoms with E-state index in [0.717, 1.165) is 29.7 Å². The third-order valence-corrected chi connectivity index (χ3v) is 5.32. The summed E-state index contributed by atoms with van der Waals surface area (Å²) in [6, 6.07) is 3.39. The van der Waals surface area contributed by atoms with Crippen LogP contribution in [-0.2, 0) is 4.79 Å². The molecular weight excluding hydrogens is 372 g/mol. The summed E-state index contributed by atoms with van der Waals surface area (Å²) < 4.78 is 11.4. The van der Waals surface area contributed by atoms with Crippen LogP contribution >= 0.6 is 23.8 Å². The molecular formula is C19H23ClN2O3S. The maximum atomic E-state index is 12.7. The van der Waals surface area contributed by atoms with Crippen molar-refractivity contribution in [2.24, 2.45) is 0 Å². The van der Waals surface area contributed by atoms with E-state index in [0.29, 0.717) is 41.3 Å². The normalized spacial score (nSPS) is 20.0. The molecule has 3 rings (SSSR count). The van der Waals surface area contributed by atoms with Gasteiger partial charge in [-0.2, -0.15) is 0 Å². The Hall–Kier alpha value is -1.79. The highest BCUT2D eigenvalue weighted by Crippen LogP contribution is 2.42. The van der Waals surface area contributed by atoms with E-state index in [1.165, 1.54) is 0 Å². The molecule has 0 fully saturated rings. The number of nitrogens with one attached hydrogen (secondary N) is 1. The molecule has 7 heteroatoms. The molecule has 5 nitrogen and oxygen atoms in total. The van der Waals surface area contributed by atoms with Gasteiger partial charge >= 0.3 is 0 Å². The number of ether oxygens (including phenoxy) is 2. The van der Waals surface area contributed by atoms with Gasteiger partial charge in [0.2, 0.25) is 0 Å². The van der Waals surface area contributed by atoms with Crippen LogP contribution in [0.15, 0.2) is 23.4 Å². The molecule has 1 aromatic carbocycles. The van der Waals surface area contributed by atoms with Crippen molar-refractivity contribution in [1.82, 2.24) is 10.2 Å². The van der Waals surface area contributed by atoms with Crippen LogP contribution in [-0.4, -0.2) is 36.1 Å². The molecule has 0 amide bonds. The van der Waals surface area contributed by atoms with Gasteiger partial charge in [-0.3, -0.25) is 4.79 Å². The van der Waals surface area contributed by atoms with E-state index < -0.39 is 0 Å². The first-order valence-corrected chi connectivity index (χ1v) is 9.66. The number of hydrogen-bond donors (Lipinski definition) is 1. The summed E-state index contributed by atoms with van der Waals surface area (Å²) in [5, 5.41) is 4.35. The maximum absolute atomic E-state index is 12.7. The second-order valence-electron chi connectivity index (χ2n) is 6.27. The van der Waals surface area contributed by atoms with Crippen molar-refractivity contribution in [1.29, 1.82) is 0 Å². The zero-order chi connectivity index (χ0) is 18.8. The van der Waals surface area contributed by atoms with Crippen LogP contribution in [0.5, 0.6) is 11.5 Å². The Bertz CT molecular complexity index is 778. The quantitative estimate of drug-likeness (QED) is 0.761. The van der Waals surface area contributed by atoms with E-state index in [1.54, 1.807) is 0 Å². The number of ketones is 1. The highest BCUT2D eigenvalue weighted by molar-refractivity contribution is 7.80. The summed E-state index contributed by atoms with van der Waals surface area (Å²) in [7, 11) is 1.90. The lowest BCUT2D eigenvalue weighted by molar-refractivity contribution is -0.116. The summed E-state index contributed by atoms with van der Waals surface area (Å²) in [6.45, 7) is 4.79. The number of nitrogens with zero attached hydrogens (tertiary/aromatic N) is 1. The van der Waals surface area contributed by atoms with Crippen molar-refractivity contribution < 1.29 is 14.3 Å². The molecule has 0 spiro atoms. The molecule has 0 bridgehead atoms. The Balaban J connectivity index is 2.11. The Labute approximate surface area is 164 Å². The number of halogens is 1. The first-order chi connectivity index (χ1) is 12.5. The summed E-state index contributed by atoms with van der Waals surface area (Å²) >= 11 is 11.9. The van der Waals surface area contributed by atoms with Gasteiger partial charge < -0.3 is 19.7 Å². The van der Waals surface area contributed by atoms with Crippen molar-refractivity contribution >= 4 is 34.7 Å². The molecule has 1 unspecified atom stereocenters. The van der Waals surface area contributed by atoms with Crippen LogP contribution in [0.2, 0.25) is 5.02 Å². The zero-order valence-corrected chi connectivity index (χ0v) is 16.8. The average molecular weight is 395 g/mol. The molecule has 1 N–H and O–H groups in total. The fraction of sp³-hybridized carbons (Fsp3) is 0.474. The number of carbonyl (C=O) groups excluding carboxylic acids is 1. The van der Waals surface area contributed by atoms with Crippen LogP contribution < -0.4 is 14.8 Å². The minimum absolute atomic E-state index is 0.154. The Kier molecular flexibility index (Phi) is 5.73. The molecule has 140 valence electrons. The van der Waals surface area contributed by atoms with Gasteiger partial charge in [-0.15, -0.1) is 0 Å². The third-order valence-electron chi connectivity index (χ3n) is 4.65. The number of thiocarbonyl (C=S) groups is 1. The van der Waals surface area contributed by atoms with Gasteiger partial charge in [0.1, 0.15) is 0 Å². The lowest BCUT2D eigenvalue weighted by Gasteiger charge is -2.39. The first kappa shape index (κ1) is 19.0. The number of Topliss-reactive ketones (excluding diaryl/α,β-unsaturated/α-hetero) is 1. The SMILES string of the molecule is CCOc1cc(C2NC(=S)N(C)C3=C2C(=O)CCC3)cc(Cl)c1OCC. The highest BCUT2D eigenvalue weighted by Gasteiger charge is 2.36. The van der Waals surface area contributed by atoms with Crippen molar-refractivity contribution in [3.63, 3.8) is 0 Å². The van der Waals surface area contributed by atoms with E-state index in [9.17, 15) is 4.79 Å². The lowest BCUT2D eigenvalue weighted by atomic mass is 9.85. The van der Waals surface area contributed by atoms with Gasteiger partial charge in [0, 0.05) is 24.7 Å². The average Bonchev–Trinajstić information content (AvgIpc) is 2.61. The second kappa shape index (κ2) is 7.84. The number of hydrogen-bond acceptors (Lipinski definition) is 4. The molecule has 1 aromatic rings. The summed E-state index contributed by atoms with van der Waals surface area (Å²) in [5.74, 6) is 1.26. The second-order valence-corrected chi connectivity index (χ2v) is 7.07. The van der Waals surface area contributed by atoms with Crippen LogP contribution in [0.25, 0.3) is 0 Å². The molecule has 0 radical (unpaired) electrons. The molecule has 0 saturated carbocycles. The molecule has 0 aromatic heterocycles. The molecule has 0 saturated heterocycles. The standard InChI is InChI=1S/C19H23ClN2O3S/c1-4-24-15-10-11(9-12(20)18(15)25-5-2)17-16-13(7-6-8-14(16)23)22(3)19(26)21-17/h9-10,17H,4-8H2,1-3H3,(H,21,26). The van der Waals surface area contributed by atoms with E-state index in [-0.39, 0.29) is 11.8 Å². The maximum Gasteiger partial charge on any atom is 0.179 e. The molecule has 2 aliphatic rings. The smallest absolute Gasteiger partial charge is 0.179 e. The third kappa shape index (κ3) is 3.40. The van der Waals surface area contributed by atoms with Gasteiger partial charge in [-0.25, -0.2) is 0 Å². The molecule has 1 atom stereocenters. The van der Waals surface area contributed by atoms with Crippen molar-refractivity contribution in [2.75, 3.05) is 20.3 Å².